The first-order valence-corrected chi connectivity index (χ1v) is 7.57. The van der Waals surface area contributed by atoms with Gasteiger partial charge in [-0.1, -0.05) is 23.2 Å². The van der Waals surface area contributed by atoms with E-state index in [1.807, 2.05) is 13.0 Å². The molecular weight excluding hydrogens is 371 g/mol. The van der Waals surface area contributed by atoms with Gasteiger partial charge in [0.15, 0.2) is 0 Å². The minimum absolute atomic E-state index is 0.337. The number of halogens is 3. The second-order valence-electron chi connectivity index (χ2n) is 3.90. The fraction of sp³-hybridized carbons (Fsp3) is 0.0833. The van der Waals surface area contributed by atoms with Crippen LogP contribution in [0.4, 0.5) is 11.4 Å². The monoisotopic (exact) mass is 378 g/mol. The molecule has 0 aliphatic carbocycles. The minimum Gasteiger partial charge on any atom is -0.397 e. The third kappa shape index (κ3) is 3.23. The number of rotatable bonds is 2. The molecule has 1 aromatic heterocycles. The maximum absolute atomic E-state index is 12.1. The predicted molar refractivity (Wildman–Crippen MR) is 85.6 cm³/mol. The summed E-state index contributed by atoms with van der Waals surface area (Å²) in [6.45, 7) is 1.92. The van der Waals surface area contributed by atoms with Crippen LogP contribution in [-0.2, 0) is 0 Å². The van der Waals surface area contributed by atoms with Crippen LogP contribution < -0.4 is 11.1 Å². The Labute approximate surface area is 132 Å². The Hall–Kier alpha value is -0.750. The lowest BCUT2D eigenvalue weighted by atomic mass is 10.2. The molecule has 0 aliphatic heterocycles. The molecule has 100 valence electrons. The summed E-state index contributed by atoms with van der Waals surface area (Å²) >= 11 is 16.3. The number of hydrogen-bond acceptors (Lipinski definition) is 3. The van der Waals surface area contributed by atoms with Crippen LogP contribution >= 0.6 is 50.5 Å². The van der Waals surface area contributed by atoms with Gasteiger partial charge in [-0.15, -0.1) is 11.3 Å². The van der Waals surface area contributed by atoms with E-state index in [-0.39, 0.29) is 5.91 Å². The van der Waals surface area contributed by atoms with Gasteiger partial charge in [0, 0.05) is 4.47 Å². The molecule has 1 aromatic carbocycles. The SMILES string of the molecule is Cc1cc(N)c(NC(=O)c2cc(Cl)sc2Cl)c(Br)c1. The van der Waals surface area contributed by atoms with E-state index in [9.17, 15) is 4.79 Å². The maximum atomic E-state index is 12.1. The van der Waals surface area contributed by atoms with Crippen LogP contribution in [0.5, 0.6) is 0 Å². The second-order valence-corrected chi connectivity index (χ2v) is 7.04. The van der Waals surface area contributed by atoms with E-state index in [1.54, 1.807) is 6.07 Å². The number of amides is 1. The highest BCUT2D eigenvalue weighted by Crippen LogP contribution is 2.34. The van der Waals surface area contributed by atoms with Crippen molar-refractivity contribution in [2.24, 2.45) is 0 Å². The van der Waals surface area contributed by atoms with Crippen molar-refractivity contribution in [3.63, 3.8) is 0 Å². The Morgan fingerprint density at radius 1 is 1.37 bits per heavy atom. The summed E-state index contributed by atoms with van der Waals surface area (Å²) in [5, 5.41) is 2.73. The van der Waals surface area contributed by atoms with Gasteiger partial charge in [0.1, 0.15) is 4.34 Å². The first-order chi connectivity index (χ1) is 8.88. The Bertz CT molecular complexity index is 634. The zero-order valence-electron chi connectivity index (χ0n) is 9.76. The van der Waals surface area contributed by atoms with E-state index in [1.165, 1.54) is 6.07 Å². The number of nitrogen functional groups attached to an aromatic ring is 1. The lowest BCUT2D eigenvalue weighted by Gasteiger charge is -2.11. The van der Waals surface area contributed by atoms with Gasteiger partial charge >= 0.3 is 0 Å². The quantitative estimate of drug-likeness (QED) is 0.724. The van der Waals surface area contributed by atoms with Crippen molar-refractivity contribution in [3.05, 3.63) is 42.5 Å². The summed E-state index contributed by atoms with van der Waals surface area (Å²) in [5.74, 6) is -0.343. The Morgan fingerprint density at radius 2 is 2.05 bits per heavy atom. The number of nitrogens with one attached hydrogen (secondary N) is 1. The smallest absolute Gasteiger partial charge is 0.258 e. The van der Waals surface area contributed by atoms with Crippen LogP contribution in [0.1, 0.15) is 15.9 Å². The lowest BCUT2D eigenvalue weighted by Crippen LogP contribution is -2.13. The van der Waals surface area contributed by atoms with Gasteiger partial charge in [0.2, 0.25) is 0 Å². The number of carbonyl (C=O) groups excluding carboxylic acids is 1. The molecule has 0 atom stereocenters. The zero-order chi connectivity index (χ0) is 14.2. The van der Waals surface area contributed by atoms with Gasteiger partial charge in [0.25, 0.3) is 5.91 Å². The molecule has 2 rings (SSSR count). The number of anilines is 2. The van der Waals surface area contributed by atoms with Crippen molar-refractivity contribution in [1.29, 1.82) is 0 Å². The number of hydrogen-bond donors (Lipinski definition) is 2. The Balaban J connectivity index is 2.32. The lowest BCUT2D eigenvalue weighted by molar-refractivity contribution is 0.102. The largest absolute Gasteiger partial charge is 0.397 e. The highest BCUT2D eigenvalue weighted by Gasteiger charge is 2.16. The van der Waals surface area contributed by atoms with Gasteiger partial charge < -0.3 is 11.1 Å². The third-order valence-corrected chi connectivity index (χ3v) is 4.52. The van der Waals surface area contributed by atoms with E-state index < -0.39 is 0 Å². The summed E-state index contributed by atoms with van der Waals surface area (Å²) in [4.78, 5) is 12.1. The molecular formula is C12H9BrCl2N2OS. The molecule has 1 heterocycles. The number of nitrogens with two attached hydrogens (primary N) is 1. The van der Waals surface area contributed by atoms with Crippen molar-refractivity contribution in [2.45, 2.75) is 6.92 Å². The molecule has 2 aromatic rings. The van der Waals surface area contributed by atoms with Crippen LogP contribution in [0.3, 0.4) is 0 Å². The van der Waals surface area contributed by atoms with Gasteiger partial charge in [-0.3, -0.25) is 4.79 Å². The molecule has 7 heteroatoms. The normalized spacial score (nSPS) is 10.5. The molecule has 3 N–H and O–H groups in total. The fourth-order valence-corrected chi connectivity index (χ4v) is 3.72. The Kier molecular flexibility index (Phi) is 4.40. The number of benzene rings is 1. The molecule has 0 spiro atoms. The summed E-state index contributed by atoms with van der Waals surface area (Å²) in [6.07, 6.45) is 0. The average Bonchev–Trinajstić information content (AvgIpc) is 2.62. The van der Waals surface area contributed by atoms with Gasteiger partial charge in [-0.25, -0.2) is 0 Å². The third-order valence-electron chi connectivity index (χ3n) is 2.40. The number of aryl methyl sites for hydroxylation is 1. The van der Waals surface area contributed by atoms with Crippen LogP contribution in [-0.4, -0.2) is 5.91 Å². The van der Waals surface area contributed by atoms with Gasteiger partial charge in [-0.2, -0.15) is 0 Å². The van der Waals surface area contributed by atoms with E-state index in [0.717, 1.165) is 21.4 Å². The first-order valence-electron chi connectivity index (χ1n) is 5.20. The fourth-order valence-electron chi connectivity index (χ4n) is 1.58. The average molecular weight is 380 g/mol. The molecule has 0 unspecified atom stereocenters. The molecule has 19 heavy (non-hydrogen) atoms. The predicted octanol–water partition coefficient (Wildman–Crippen LogP) is 4.96. The summed E-state index contributed by atoms with van der Waals surface area (Å²) < 4.78 is 1.53. The van der Waals surface area contributed by atoms with Crippen molar-refractivity contribution >= 4 is 67.8 Å². The molecule has 0 saturated carbocycles. The highest BCUT2D eigenvalue weighted by atomic mass is 79.9. The molecule has 0 bridgehead atoms. The summed E-state index contributed by atoms with van der Waals surface area (Å²) in [5.41, 5.74) is 8.23. The molecule has 0 saturated heterocycles. The summed E-state index contributed by atoms with van der Waals surface area (Å²) in [7, 11) is 0. The Morgan fingerprint density at radius 3 is 2.58 bits per heavy atom. The zero-order valence-corrected chi connectivity index (χ0v) is 13.7. The van der Waals surface area contributed by atoms with E-state index in [2.05, 4.69) is 21.2 Å². The molecule has 1 amide bonds. The van der Waals surface area contributed by atoms with Crippen LogP contribution in [0.2, 0.25) is 8.67 Å². The van der Waals surface area contributed by atoms with Crippen molar-refractivity contribution < 1.29 is 4.79 Å². The van der Waals surface area contributed by atoms with Crippen molar-refractivity contribution in [3.8, 4) is 0 Å². The van der Waals surface area contributed by atoms with E-state index in [0.29, 0.717) is 25.6 Å². The van der Waals surface area contributed by atoms with E-state index >= 15 is 0 Å². The van der Waals surface area contributed by atoms with Gasteiger partial charge in [-0.05, 0) is 46.6 Å². The number of thiophene rings is 1. The summed E-state index contributed by atoms with van der Waals surface area (Å²) in [6, 6.07) is 5.18. The second kappa shape index (κ2) is 5.71. The molecule has 0 aliphatic rings. The molecule has 0 fully saturated rings. The van der Waals surface area contributed by atoms with Crippen LogP contribution in [0.15, 0.2) is 22.7 Å². The minimum atomic E-state index is -0.343. The van der Waals surface area contributed by atoms with Crippen LogP contribution in [0.25, 0.3) is 0 Å². The van der Waals surface area contributed by atoms with Crippen molar-refractivity contribution in [1.82, 2.24) is 0 Å². The van der Waals surface area contributed by atoms with E-state index in [4.69, 9.17) is 28.9 Å². The molecule has 0 radical (unpaired) electrons. The standard InChI is InChI=1S/C12H9BrCl2N2OS/c1-5-2-7(13)10(8(16)3-5)17-12(18)6-4-9(14)19-11(6)15/h2-4H,16H2,1H3,(H,17,18). The topological polar surface area (TPSA) is 55.1 Å². The number of carbonyl (C=O) groups is 1. The van der Waals surface area contributed by atoms with Crippen molar-refractivity contribution in [2.75, 3.05) is 11.1 Å². The first kappa shape index (κ1) is 14.7. The maximum Gasteiger partial charge on any atom is 0.258 e. The highest BCUT2D eigenvalue weighted by molar-refractivity contribution is 9.10. The molecule has 3 nitrogen and oxygen atoms in total. The van der Waals surface area contributed by atoms with Gasteiger partial charge in [0.05, 0.1) is 21.3 Å². The van der Waals surface area contributed by atoms with Crippen LogP contribution in [0, 0.1) is 6.92 Å².